The maximum atomic E-state index is 13.3. The second-order valence-corrected chi connectivity index (χ2v) is 3.93. The van der Waals surface area contributed by atoms with E-state index in [2.05, 4.69) is 9.97 Å². The third-order valence-corrected chi connectivity index (χ3v) is 2.31. The molecule has 2 rings (SSSR count). The third kappa shape index (κ3) is 1.44. The molecule has 0 amide bonds. The molecule has 6 heteroatoms. The van der Waals surface area contributed by atoms with Crippen LogP contribution in [-0.4, -0.2) is 14.4 Å². The zero-order chi connectivity index (χ0) is 10.3. The maximum absolute atomic E-state index is 13.3. The molecule has 0 saturated carbocycles. The van der Waals surface area contributed by atoms with Crippen molar-refractivity contribution in [1.29, 1.82) is 0 Å². The van der Waals surface area contributed by atoms with Gasteiger partial charge < -0.3 is 0 Å². The summed E-state index contributed by atoms with van der Waals surface area (Å²) in [6.45, 7) is 1.58. The van der Waals surface area contributed by atoms with E-state index in [1.807, 2.05) is 0 Å². The van der Waals surface area contributed by atoms with Crippen LogP contribution in [0, 0.1) is 12.9 Å². The lowest BCUT2D eigenvalue weighted by atomic mass is 10.4. The van der Waals surface area contributed by atoms with Gasteiger partial charge in [-0.1, -0.05) is 23.2 Å². The second-order valence-electron chi connectivity index (χ2n) is 2.83. The number of rotatable bonds is 1. The van der Waals surface area contributed by atoms with Crippen LogP contribution in [0.25, 0.3) is 5.65 Å². The van der Waals surface area contributed by atoms with Crippen molar-refractivity contribution in [2.45, 2.75) is 11.8 Å². The van der Waals surface area contributed by atoms with E-state index in [1.54, 1.807) is 13.0 Å². The van der Waals surface area contributed by atoms with Crippen LogP contribution in [-0.2, 0) is 0 Å². The Labute approximate surface area is 89.5 Å². The monoisotopic (exact) mass is 233 g/mol. The first-order valence-electron chi connectivity index (χ1n) is 3.88. The molecule has 0 bridgehead atoms. The second kappa shape index (κ2) is 3.37. The first-order valence-corrected chi connectivity index (χ1v) is 4.75. The van der Waals surface area contributed by atoms with E-state index in [1.165, 1.54) is 10.7 Å². The van der Waals surface area contributed by atoms with Crippen molar-refractivity contribution in [2.24, 2.45) is 0 Å². The molecule has 2 aromatic heterocycles. The summed E-state index contributed by atoms with van der Waals surface area (Å²) < 4.78 is 14.5. The number of fused-ring (bicyclic) bond motifs is 1. The SMILES string of the molecule is Cc1nc2cc(C(Cl)Cl)ncn2c1F. The van der Waals surface area contributed by atoms with Crippen LogP contribution in [0.2, 0.25) is 0 Å². The fraction of sp³-hybridized carbons (Fsp3) is 0.250. The largest absolute Gasteiger partial charge is 0.259 e. The van der Waals surface area contributed by atoms with E-state index in [4.69, 9.17) is 23.2 Å². The molecule has 3 nitrogen and oxygen atoms in total. The fourth-order valence-electron chi connectivity index (χ4n) is 1.17. The van der Waals surface area contributed by atoms with Crippen molar-refractivity contribution >= 4 is 28.8 Å². The van der Waals surface area contributed by atoms with Gasteiger partial charge in [-0.25, -0.2) is 9.97 Å². The number of halogens is 3. The van der Waals surface area contributed by atoms with Gasteiger partial charge in [-0.15, -0.1) is 0 Å². The minimum absolute atomic E-state index is 0.324. The van der Waals surface area contributed by atoms with Crippen LogP contribution >= 0.6 is 23.2 Å². The normalized spacial score (nSPS) is 11.5. The number of aryl methyl sites for hydroxylation is 1. The molecular formula is C8H6Cl2FN3. The first-order chi connectivity index (χ1) is 6.59. The van der Waals surface area contributed by atoms with Gasteiger partial charge in [0.25, 0.3) is 0 Å². The van der Waals surface area contributed by atoms with E-state index in [0.29, 0.717) is 17.0 Å². The molecule has 0 N–H and O–H groups in total. The third-order valence-electron chi connectivity index (χ3n) is 1.86. The molecule has 0 aliphatic carbocycles. The predicted molar refractivity (Wildman–Crippen MR) is 52.1 cm³/mol. The van der Waals surface area contributed by atoms with Gasteiger partial charge in [-0.05, 0) is 6.92 Å². The summed E-state index contributed by atoms with van der Waals surface area (Å²) in [6, 6.07) is 1.56. The van der Waals surface area contributed by atoms with Gasteiger partial charge in [0.05, 0.1) is 11.4 Å². The molecule has 0 unspecified atom stereocenters. The van der Waals surface area contributed by atoms with Gasteiger partial charge in [0, 0.05) is 6.07 Å². The van der Waals surface area contributed by atoms with Crippen molar-refractivity contribution < 1.29 is 4.39 Å². The Hall–Kier alpha value is -0.870. The van der Waals surface area contributed by atoms with E-state index >= 15 is 0 Å². The zero-order valence-corrected chi connectivity index (χ0v) is 8.72. The van der Waals surface area contributed by atoms with Crippen molar-refractivity contribution in [1.82, 2.24) is 14.4 Å². The average Bonchev–Trinajstić information content (AvgIpc) is 2.42. The van der Waals surface area contributed by atoms with E-state index < -0.39 is 10.8 Å². The lowest BCUT2D eigenvalue weighted by molar-refractivity contribution is 0.561. The summed E-state index contributed by atoms with van der Waals surface area (Å²) in [7, 11) is 0. The lowest BCUT2D eigenvalue weighted by Gasteiger charge is -2.00. The Balaban J connectivity index is 2.67. The van der Waals surface area contributed by atoms with Crippen LogP contribution in [0.4, 0.5) is 4.39 Å². The topological polar surface area (TPSA) is 30.2 Å². The number of imidazole rings is 1. The summed E-state index contributed by atoms with van der Waals surface area (Å²) in [6.07, 6.45) is 1.32. The van der Waals surface area contributed by atoms with Gasteiger partial charge in [0.2, 0.25) is 5.95 Å². The molecule has 0 atom stereocenters. The molecule has 0 aromatic carbocycles. The van der Waals surface area contributed by atoms with Crippen LogP contribution < -0.4 is 0 Å². The van der Waals surface area contributed by atoms with Gasteiger partial charge >= 0.3 is 0 Å². The molecule has 0 saturated heterocycles. The van der Waals surface area contributed by atoms with Crippen LogP contribution in [0.1, 0.15) is 16.2 Å². The summed E-state index contributed by atoms with van der Waals surface area (Å²) in [5, 5.41) is 0. The molecule has 2 aromatic rings. The van der Waals surface area contributed by atoms with Gasteiger partial charge in [-0.3, -0.25) is 4.40 Å². The highest BCUT2D eigenvalue weighted by Gasteiger charge is 2.11. The highest BCUT2D eigenvalue weighted by atomic mass is 35.5. The first kappa shape index (κ1) is 9.68. The minimum atomic E-state index is -0.722. The predicted octanol–water partition coefficient (Wildman–Crippen LogP) is 2.65. The minimum Gasteiger partial charge on any atom is -0.259 e. The van der Waals surface area contributed by atoms with E-state index in [-0.39, 0.29) is 0 Å². The molecule has 2 heterocycles. The van der Waals surface area contributed by atoms with Crippen molar-refractivity contribution in [3.8, 4) is 0 Å². The number of nitrogens with zero attached hydrogens (tertiary/aromatic N) is 3. The number of hydrogen-bond acceptors (Lipinski definition) is 2. The average molecular weight is 234 g/mol. The Bertz CT molecular complexity index is 481. The molecule has 0 aliphatic rings. The van der Waals surface area contributed by atoms with E-state index in [9.17, 15) is 4.39 Å². The van der Waals surface area contributed by atoms with Gasteiger partial charge in [0.1, 0.15) is 16.8 Å². The Kier molecular flexibility index (Phi) is 2.33. The number of aromatic nitrogens is 3. The number of hydrogen-bond donors (Lipinski definition) is 0. The Morgan fingerprint density at radius 3 is 2.86 bits per heavy atom. The summed E-state index contributed by atoms with van der Waals surface area (Å²) in [5.41, 5.74) is 1.24. The molecule has 0 radical (unpaired) electrons. The summed E-state index contributed by atoms with van der Waals surface area (Å²) >= 11 is 11.2. The van der Waals surface area contributed by atoms with Crippen LogP contribution in [0.3, 0.4) is 0 Å². The molecule has 74 valence electrons. The molecule has 14 heavy (non-hydrogen) atoms. The Morgan fingerprint density at radius 2 is 2.21 bits per heavy atom. The Morgan fingerprint density at radius 1 is 1.50 bits per heavy atom. The van der Waals surface area contributed by atoms with Gasteiger partial charge in [-0.2, -0.15) is 4.39 Å². The molecule has 0 spiro atoms. The van der Waals surface area contributed by atoms with Crippen LogP contribution in [0.5, 0.6) is 0 Å². The fourth-order valence-corrected chi connectivity index (χ4v) is 1.41. The maximum Gasteiger partial charge on any atom is 0.222 e. The smallest absolute Gasteiger partial charge is 0.222 e. The van der Waals surface area contributed by atoms with Crippen LogP contribution in [0.15, 0.2) is 12.4 Å². The van der Waals surface area contributed by atoms with Crippen molar-refractivity contribution in [3.63, 3.8) is 0 Å². The highest BCUT2D eigenvalue weighted by molar-refractivity contribution is 6.43. The zero-order valence-electron chi connectivity index (χ0n) is 7.21. The molecule has 0 fully saturated rings. The summed E-state index contributed by atoms with van der Waals surface area (Å²) in [5.74, 6) is -0.417. The highest BCUT2D eigenvalue weighted by Crippen LogP contribution is 2.23. The lowest BCUT2D eigenvalue weighted by Crippen LogP contribution is -1.95. The standard InChI is InChI=1S/C8H6Cl2FN3/c1-4-8(11)14-3-12-5(7(9)10)2-6(14)13-4/h2-3,7H,1H3. The molecular weight excluding hydrogens is 228 g/mol. The summed E-state index contributed by atoms with van der Waals surface area (Å²) in [4.78, 5) is 7.16. The van der Waals surface area contributed by atoms with E-state index in [0.717, 1.165) is 0 Å². The quantitative estimate of drug-likeness (QED) is 0.710. The van der Waals surface area contributed by atoms with Crippen molar-refractivity contribution in [3.05, 3.63) is 29.7 Å². The van der Waals surface area contributed by atoms with Crippen molar-refractivity contribution in [2.75, 3.05) is 0 Å². The number of alkyl halides is 2. The molecule has 0 aliphatic heterocycles. The van der Waals surface area contributed by atoms with Gasteiger partial charge in [0.15, 0.2) is 0 Å².